The second kappa shape index (κ2) is 14.4. The first-order valence-corrected chi connectivity index (χ1v) is 18.0. The van der Waals surface area contributed by atoms with Crippen molar-refractivity contribution in [2.75, 3.05) is 18.4 Å². The van der Waals surface area contributed by atoms with E-state index in [1.807, 2.05) is 99.9 Å². The number of carbonyl (C=O) groups is 1. The van der Waals surface area contributed by atoms with Crippen LogP contribution in [-0.2, 0) is 4.74 Å². The third-order valence-electron chi connectivity index (χ3n) is 9.05. The van der Waals surface area contributed by atoms with Crippen LogP contribution in [0.3, 0.4) is 0 Å². The first-order chi connectivity index (χ1) is 24.9. The molecule has 1 saturated heterocycles. The first-order valence-electron chi connectivity index (χ1n) is 17.2. The first kappa shape index (κ1) is 35.2. The summed E-state index contributed by atoms with van der Waals surface area (Å²) < 4.78 is 14.5. The second-order valence-corrected chi connectivity index (χ2v) is 14.8. The van der Waals surface area contributed by atoms with Gasteiger partial charge in [0.25, 0.3) is 5.91 Å². The topological polar surface area (TPSA) is 97.3 Å². The van der Waals surface area contributed by atoms with Crippen LogP contribution in [0.2, 0.25) is 10.0 Å². The molecule has 0 saturated carbocycles. The fraction of sp³-hybridized carbons (Fsp3) is 0.244. The van der Waals surface area contributed by atoms with Crippen LogP contribution in [-0.4, -0.2) is 55.1 Å². The molecule has 2 unspecified atom stereocenters. The van der Waals surface area contributed by atoms with Crippen molar-refractivity contribution < 1.29 is 14.3 Å². The van der Waals surface area contributed by atoms with E-state index >= 15 is 0 Å². The Hall–Kier alpha value is -5.25. The highest BCUT2D eigenvalue weighted by Gasteiger charge is 2.30. The normalized spacial score (nSPS) is 15.1. The summed E-state index contributed by atoms with van der Waals surface area (Å²) in [6.07, 6.45) is 4.06. The van der Waals surface area contributed by atoms with Crippen molar-refractivity contribution in [2.24, 2.45) is 0 Å². The van der Waals surface area contributed by atoms with Crippen LogP contribution < -0.4 is 10.1 Å². The Morgan fingerprint density at radius 1 is 1.00 bits per heavy atom. The minimum absolute atomic E-state index is 0.153. The highest BCUT2D eigenvalue weighted by Crippen LogP contribution is 2.42. The minimum Gasteiger partial charge on any atom is -0.474 e. The van der Waals surface area contributed by atoms with Crippen molar-refractivity contribution in [3.63, 3.8) is 0 Å². The van der Waals surface area contributed by atoms with Crippen molar-refractivity contribution in [3.8, 4) is 28.4 Å². The predicted molar refractivity (Wildman–Crippen MR) is 208 cm³/mol. The van der Waals surface area contributed by atoms with Gasteiger partial charge in [0, 0.05) is 51.2 Å². The summed E-state index contributed by atoms with van der Waals surface area (Å²) in [5.74, 6) is 0.572. The number of aromatic nitrogens is 4. The number of nitrogens with one attached hydrogen (secondary N) is 2. The maximum Gasteiger partial charge on any atom is 0.272 e. The van der Waals surface area contributed by atoms with E-state index in [1.165, 1.54) is 0 Å². The maximum absolute atomic E-state index is 14.5. The molecule has 0 spiro atoms. The zero-order valence-electron chi connectivity index (χ0n) is 29.5. The fourth-order valence-electron chi connectivity index (χ4n) is 6.59. The molecule has 1 amide bonds. The fourth-order valence-corrected chi connectivity index (χ4v) is 6.89. The zero-order valence-corrected chi connectivity index (χ0v) is 31.0. The number of hydrogen-bond acceptors (Lipinski definition) is 6. The molecule has 3 aromatic heterocycles. The van der Waals surface area contributed by atoms with Gasteiger partial charge < -0.3 is 29.2 Å². The Kier molecular flexibility index (Phi) is 9.74. The highest BCUT2D eigenvalue weighted by atomic mass is 35.5. The van der Waals surface area contributed by atoms with Crippen LogP contribution >= 0.6 is 23.2 Å². The molecule has 266 valence electrons. The van der Waals surface area contributed by atoms with Gasteiger partial charge in [0.2, 0.25) is 5.88 Å². The number of pyridine rings is 1. The van der Waals surface area contributed by atoms with Crippen molar-refractivity contribution in [3.05, 3.63) is 131 Å². The van der Waals surface area contributed by atoms with Gasteiger partial charge in [-0.15, -0.1) is 0 Å². The maximum atomic E-state index is 14.5. The lowest BCUT2D eigenvalue weighted by Crippen LogP contribution is -2.30. The van der Waals surface area contributed by atoms with E-state index < -0.39 is 0 Å². The van der Waals surface area contributed by atoms with E-state index in [0.717, 1.165) is 40.9 Å². The van der Waals surface area contributed by atoms with E-state index in [9.17, 15) is 4.79 Å². The van der Waals surface area contributed by atoms with E-state index in [1.54, 1.807) is 18.3 Å². The third-order valence-corrected chi connectivity index (χ3v) is 9.54. The van der Waals surface area contributed by atoms with Gasteiger partial charge in [-0.05, 0) is 76.2 Å². The summed E-state index contributed by atoms with van der Waals surface area (Å²) in [6, 6.07) is 26.7. The molecule has 11 heteroatoms. The number of imidazole rings is 1. The number of H-pyrrole nitrogens is 1. The van der Waals surface area contributed by atoms with Gasteiger partial charge in [0.15, 0.2) is 5.88 Å². The summed E-state index contributed by atoms with van der Waals surface area (Å²) in [4.78, 5) is 29.5. The number of anilines is 1. The number of likely N-dealkylation sites (tertiary alicyclic amines) is 1. The molecule has 9 nitrogen and oxygen atoms in total. The van der Waals surface area contributed by atoms with Crippen LogP contribution in [0.15, 0.2) is 110 Å². The number of carbonyl (C=O) groups excluding carboxylic acids is 1. The molecule has 2 atom stereocenters. The largest absolute Gasteiger partial charge is 0.474 e. The molecule has 1 fully saturated rings. The number of amides is 1. The molecular weight excluding hydrogens is 695 g/mol. The van der Waals surface area contributed by atoms with Crippen LogP contribution in [0.25, 0.3) is 33.4 Å². The molecule has 1 aliphatic rings. The summed E-state index contributed by atoms with van der Waals surface area (Å²) in [7, 11) is 0. The van der Waals surface area contributed by atoms with Crippen molar-refractivity contribution in [2.45, 2.75) is 51.9 Å². The quantitative estimate of drug-likeness (QED) is 0.136. The Bertz CT molecular complexity index is 2240. The van der Waals surface area contributed by atoms with Gasteiger partial charge in [-0.2, -0.15) is 0 Å². The molecule has 2 N–H and O–H groups in total. The molecule has 0 bridgehead atoms. The SMILES string of the molecule is C=C(OC(C)(C)C)N1CCC(Oc2ncccc2NC(=O)c2[nH]c3cc(Cl)ccc3c2-c2c(-c3ccccc3)ncn2C(C)c2ccc(Cl)cc2)C1. The summed E-state index contributed by atoms with van der Waals surface area (Å²) in [6.45, 7) is 13.5. The van der Waals surface area contributed by atoms with Crippen LogP contribution in [0, 0.1) is 0 Å². The molecule has 4 heterocycles. The molecule has 1 aliphatic heterocycles. The van der Waals surface area contributed by atoms with Gasteiger partial charge >= 0.3 is 0 Å². The lowest BCUT2D eigenvalue weighted by atomic mass is 9.99. The highest BCUT2D eigenvalue weighted by molar-refractivity contribution is 6.31. The summed E-state index contributed by atoms with van der Waals surface area (Å²) >= 11 is 12.7. The molecule has 0 aliphatic carbocycles. The predicted octanol–water partition coefficient (Wildman–Crippen LogP) is 10.0. The van der Waals surface area contributed by atoms with Crippen LogP contribution in [0.1, 0.15) is 56.2 Å². The average Bonchev–Trinajstić information content (AvgIpc) is 3.86. The molecule has 6 aromatic rings. The Labute approximate surface area is 313 Å². The lowest BCUT2D eigenvalue weighted by Gasteiger charge is -2.28. The van der Waals surface area contributed by atoms with Gasteiger partial charge in [0.05, 0.1) is 30.3 Å². The minimum atomic E-state index is -0.369. The second-order valence-electron chi connectivity index (χ2n) is 13.9. The molecule has 0 radical (unpaired) electrons. The van der Waals surface area contributed by atoms with E-state index in [4.69, 9.17) is 37.7 Å². The van der Waals surface area contributed by atoms with Gasteiger partial charge in [0.1, 0.15) is 23.1 Å². The Balaban J connectivity index is 1.27. The summed E-state index contributed by atoms with van der Waals surface area (Å²) in [5.41, 5.74) is 5.31. The third kappa shape index (κ3) is 7.38. The molecule has 52 heavy (non-hydrogen) atoms. The number of fused-ring (bicyclic) bond motifs is 1. The van der Waals surface area contributed by atoms with E-state index in [-0.39, 0.29) is 23.7 Å². The van der Waals surface area contributed by atoms with E-state index in [2.05, 4.69) is 38.3 Å². The summed E-state index contributed by atoms with van der Waals surface area (Å²) in [5, 5.41) is 5.12. The smallest absolute Gasteiger partial charge is 0.272 e. The van der Waals surface area contributed by atoms with Crippen molar-refractivity contribution in [1.29, 1.82) is 0 Å². The van der Waals surface area contributed by atoms with Crippen molar-refractivity contribution in [1.82, 2.24) is 24.4 Å². The van der Waals surface area contributed by atoms with Crippen LogP contribution in [0.5, 0.6) is 5.88 Å². The lowest BCUT2D eigenvalue weighted by molar-refractivity contribution is 0.00653. The average molecular weight is 736 g/mol. The van der Waals surface area contributed by atoms with Gasteiger partial charge in [-0.25, -0.2) is 9.97 Å². The number of halogens is 2. The van der Waals surface area contributed by atoms with Gasteiger partial charge in [-0.3, -0.25) is 4.79 Å². The molecular formula is C41H40Cl2N6O3. The number of rotatable bonds is 10. The standard InChI is InChI=1S/C41H40Cl2N6O3/c1-25(27-13-15-29(42)16-14-27)49-24-45-36(28-10-7-6-8-11-28)38(49)35-32-18-17-30(43)22-34(32)46-37(35)39(50)47-33-12-9-20-44-40(33)51-31-19-21-48(23-31)26(2)52-41(3,4)5/h6-18,20,22,24-25,31,46H,2,19,21,23H2,1,3-5H3,(H,47,50). The Morgan fingerprint density at radius 2 is 1.75 bits per heavy atom. The van der Waals surface area contributed by atoms with Gasteiger partial charge in [-0.1, -0.05) is 71.7 Å². The zero-order chi connectivity index (χ0) is 36.6. The Morgan fingerprint density at radius 3 is 2.50 bits per heavy atom. The number of aromatic amines is 1. The molecule has 7 rings (SSSR count). The molecule has 3 aromatic carbocycles. The van der Waals surface area contributed by atoms with Crippen molar-refractivity contribution >= 4 is 45.7 Å². The number of benzene rings is 3. The monoisotopic (exact) mass is 734 g/mol. The van der Waals surface area contributed by atoms with E-state index in [0.29, 0.717) is 50.8 Å². The van der Waals surface area contributed by atoms with Crippen LogP contribution in [0.4, 0.5) is 5.69 Å². The number of ether oxygens (including phenoxy) is 2. The number of hydrogen-bond donors (Lipinski definition) is 2. The number of nitrogens with zero attached hydrogens (tertiary/aromatic N) is 4.